The number of benzene rings is 2. The van der Waals surface area contributed by atoms with Gasteiger partial charge < -0.3 is 9.47 Å². The molecule has 3 rings (SSSR count). The Morgan fingerprint density at radius 3 is 2.71 bits per heavy atom. The molecule has 0 aliphatic rings. The molecule has 1 aromatic heterocycles. The number of ether oxygens (including phenoxy) is 2. The van der Waals surface area contributed by atoms with Crippen molar-refractivity contribution < 1.29 is 19.1 Å². The normalized spacial score (nSPS) is 11.8. The second-order valence-corrected chi connectivity index (χ2v) is 7.27. The van der Waals surface area contributed by atoms with Crippen LogP contribution in [0.4, 0.5) is 5.13 Å². The monoisotopic (exact) mass is 398 g/mol. The van der Waals surface area contributed by atoms with E-state index in [0.29, 0.717) is 34.1 Å². The number of nitrogens with one attached hydrogen (secondary N) is 1. The van der Waals surface area contributed by atoms with Crippen LogP contribution in [0.25, 0.3) is 10.2 Å². The summed E-state index contributed by atoms with van der Waals surface area (Å²) in [6.45, 7) is 6.11. The Balaban J connectivity index is 1.76. The molecule has 1 N–H and O–H groups in total. The molecule has 0 spiro atoms. The van der Waals surface area contributed by atoms with Crippen molar-refractivity contribution in [1.82, 2.24) is 4.98 Å². The zero-order chi connectivity index (χ0) is 20.1. The summed E-state index contributed by atoms with van der Waals surface area (Å²) < 4.78 is 11.6. The molecule has 2 aromatic carbocycles. The molecule has 1 unspecified atom stereocenters. The van der Waals surface area contributed by atoms with Crippen LogP contribution < -0.4 is 10.1 Å². The lowest BCUT2D eigenvalue weighted by Crippen LogP contribution is -2.13. The summed E-state index contributed by atoms with van der Waals surface area (Å²) in [5.74, 6) is 0.0196. The predicted molar refractivity (Wildman–Crippen MR) is 110 cm³/mol. The molecule has 0 aliphatic heterocycles. The van der Waals surface area contributed by atoms with Gasteiger partial charge in [0.15, 0.2) is 5.13 Å². The lowest BCUT2D eigenvalue weighted by atomic mass is 10.2. The number of fused-ring (bicyclic) bond motifs is 1. The standard InChI is InChI=1S/C21H22N2O4S/c1-4-13(3)27-16-8-6-7-14(11-16)19(24)23-21-22-17-10-9-15(12-18(17)28-21)20(25)26-5-2/h6-13H,4-5H2,1-3H3,(H,22,23,24). The third-order valence-corrected chi connectivity index (χ3v) is 5.06. The lowest BCUT2D eigenvalue weighted by molar-refractivity contribution is 0.0526. The highest BCUT2D eigenvalue weighted by Gasteiger charge is 2.13. The zero-order valence-electron chi connectivity index (χ0n) is 16.0. The first-order chi connectivity index (χ1) is 13.5. The first-order valence-corrected chi connectivity index (χ1v) is 9.97. The number of hydrogen-bond donors (Lipinski definition) is 1. The maximum absolute atomic E-state index is 12.6. The van der Waals surface area contributed by atoms with Gasteiger partial charge in [-0.3, -0.25) is 10.1 Å². The maximum Gasteiger partial charge on any atom is 0.338 e. The molecule has 1 amide bonds. The van der Waals surface area contributed by atoms with E-state index in [0.717, 1.165) is 11.1 Å². The van der Waals surface area contributed by atoms with E-state index in [4.69, 9.17) is 9.47 Å². The molecule has 0 saturated carbocycles. The van der Waals surface area contributed by atoms with Gasteiger partial charge in [-0.05, 0) is 56.7 Å². The maximum atomic E-state index is 12.6. The third kappa shape index (κ3) is 4.67. The molecule has 3 aromatic rings. The fourth-order valence-electron chi connectivity index (χ4n) is 2.52. The summed E-state index contributed by atoms with van der Waals surface area (Å²) in [7, 11) is 0. The van der Waals surface area contributed by atoms with Crippen molar-refractivity contribution in [3.05, 3.63) is 53.6 Å². The van der Waals surface area contributed by atoms with Crippen molar-refractivity contribution in [2.45, 2.75) is 33.3 Å². The van der Waals surface area contributed by atoms with Crippen molar-refractivity contribution in [3.63, 3.8) is 0 Å². The molecule has 28 heavy (non-hydrogen) atoms. The predicted octanol–water partition coefficient (Wildman–Crippen LogP) is 4.90. The van der Waals surface area contributed by atoms with Crippen molar-refractivity contribution in [2.75, 3.05) is 11.9 Å². The van der Waals surface area contributed by atoms with Crippen LogP contribution in [0.15, 0.2) is 42.5 Å². The van der Waals surface area contributed by atoms with E-state index in [1.165, 1.54) is 11.3 Å². The molecular formula is C21H22N2O4S. The highest BCUT2D eigenvalue weighted by atomic mass is 32.1. The van der Waals surface area contributed by atoms with Gasteiger partial charge in [0.25, 0.3) is 5.91 Å². The van der Waals surface area contributed by atoms with E-state index in [1.54, 1.807) is 43.3 Å². The summed E-state index contributed by atoms with van der Waals surface area (Å²) in [6.07, 6.45) is 0.965. The van der Waals surface area contributed by atoms with Gasteiger partial charge in [0.05, 0.1) is 28.5 Å². The summed E-state index contributed by atoms with van der Waals surface area (Å²) in [5.41, 5.74) is 1.67. The Morgan fingerprint density at radius 2 is 1.96 bits per heavy atom. The van der Waals surface area contributed by atoms with E-state index in [-0.39, 0.29) is 18.0 Å². The molecule has 146 valence electrons. The summed E-state index contributed by atoms with van der Waals surface area (Å²) in [6, 6.07) is 12.2. The van der Waals surface area contributed by atoms with Gasteiger partial charge >= 0.3 is 5.97 Å². The molecular weight excluding hydrogens is 376 g/mol. The minimum Gasteiger partial charge on any atom is -0.491 e. The number of rotatable bonds is 7. The Morgan fingerprint density at radius 1 is 1.14 bits per heavy atom. The smallest absolute Gasteiger partial charge is 0.338 e. The number of thiazole rings is 1. The van der Waals surface area contributed by atoms with Crippen LogP contribution in [0.2, 0.25) is 0 Å². The number of esters is 1. The Hall–Kier alpha value is -2.93. The molecule has 0 fully saturated rings. The van der Waals surface area contributed by atoms with Gasteiger partial charge in [0, 0.05) is 5.56 Å². The first kappa shape index (κ1) is 19.8. The van der Waals surface area contributed by atoms with Crippen LogP contribution in [0.3, 0.4) is 0 Å². The summed E-state index contributed by atoms with van der Waals surface area (Å²) in [5, 5.41) is 3.28. The number of carbonyl (C=O) groups is 2. The van der Waals surface area contributed by atoms with E-state index in [2.05, 4.69) is 10.3 Å². The fraction of sp³-hybridized carbons (Fsp3) is 0.286. The van der Waals surface area contributed by atoms with Gasteiger partial charge in [0.2, 0.25) is 0 Å². The van der Waals surface area contributed by atoms with Crippen molar-refractivity contribution in [1.29, 1.82) is 0 Å². The molecule has 7 heteroatoms. The van der Waals surface area contributed by atoms with E-state index >= 15 is 0 Å². The zero-order valence-corrected chi connectivity index (χ0v) is 16.8. The highest BCUT2D eigenvalue weighted by molar-refractivity contribution is 7.22. The summed E-state index contributed by atoms with van der Waals surface area (Å²) >= 11 is 1.31. The van der Waals surface area contributed by atoms with Crippen molar-refractivity contribution >= 4 is 38.6 Å². The minimum absolute atomic E-state index is 0.0798. The van der Waals surface area contributed by atoms with Crippen molar-refractivity contribution in [2.24, 2.45) is 0 Å². The second kappa shape index (κ2) is 8.84. The Bertz CT molecular complexity index is 999. The molecule has 0 radical (unpaired) electrons. The number of anilines is 1. The highest BCUT2D eigenvalue weighted by Crippen LogP contribution is 2.28. The fourth-order valence-corrected chi connectivity index (χ4v) is 3.42. The number of aromatic nitrogens is 1. The largest absolute Gasteiger partial charge is 0.491 e. The molecule has 1 atom stereocenters. The van der Waals surface area contributed by atoms with Gasteiger partial charge in [-0.15, -0.1) is 0 Å². The lowest BCUT2D eigenvalue weighted by Gasteiger charge is -2.13. The van der Waals surface area contributed by atoms with Crippen LogP contribution in [0, 0.1) is 0 Å². The number of amides is 1. The van der Waals surface area contributed by atoms with Crippen LogP contribution in [0.5, 0.6) is 5.75 Å². The molecule has 0 saturated heterocycles. The number of nitrogens with zero attached hydrogens (tertiary/aromatic N) is 1. The number of hydrogen-bond acceptors (Lipinski definition) is 6. The average Bonchev–Trinajstić information content (AvgIpc) is 3.09. The topological polar surface area (TPSA) is 77.5 Å². The SMILES string of the molecule is CCOC(=O)c1ccc2nc(NC(=O)c3cccc(OC(C)CC)c3)sc2c1. The van der Waals surface area contributed by atoms with Gasteiger partial charge in [-0.25, -0.2) is 9.78 Å². The number of carbonyl (C=O) groups excluding carboxylic acids is 2. The van der Waals surface area contributed by atoms with Gasteiger partial charge in [-0.2, -0.15) is 0 Å². The van der Waals surface area contributed by atoms with Crippen LogP contribution >= 0.6 is 11.3 Å². The third-order valence-electron chi connectivity index (χ3n) is 4.13. The Labute approximate surface area is 167 Å². The van der Waals surface area contributed by atoms with E-state index in [9.17, 15) is 9.59 Å². The van der Waals surface area contributed by atoms with Crippen molar-refractivity contribution in [3.8, 4) is 5.75 Å². The summed E-state index contributed by atoms with van der Waals surface area (Å²) in [4.78, 5) is 28.9. The van der Waals surface area contributed by atoms with Crippen LogP contribution in [-0.2, 0) is 4.74 Å². The first-order valence-electron chi connectivity index (χ1n) is 9.16. The molecule has 0 aliphatic carbocycles. The Kier molecular flexibility index (Phi) is 6.26. The molecule has 0 bridgehead atoms. The van der Waals surface area contributed by atoms with Crippen LogP contribution in [-0.4, -0.2) is 29.6 Å². The average molecular weight is 398 g/mol. The van der Waals surface area contributed by atoms with Gasteiger partial charge in [-0.1, -0.05) is 24.3 Å². The molecule has 6 nitrogen and oxygen atoms in total. The van der Waals surface area contributed by atoms with E-state index in [1.807, 2.05) is 19.9 Å². The van der Waals surface area contributed by atoms with Gasteiger partial charge in [0.1, 0.15) is 5.75 Å². The quantitative estimate of drug-likeness (QED) is 0.573. The van der Waals surface area contributed by atoms with Crippen LogP contribution in [0.1, 0.15) is 47.9 Å². The second-order valence-electron chi connectivity index (χ2n) is 6.24. The minimum atomic E-state index is -0.374. The van der Waals surface area contributed by atoms with E-state index < -0.39 is 0 Å². The molecule has 1 heterocycles.